The van der Waals surface area contributed by atoms with Gasteiger partial charge >= 0.3 is 0 Å². The maximum Gasteiger partial charge on any atom is 0.127 e. The highest BCUT2D eigenvalue weighted by Crippen LogP contribution is 2.29. The van der Waals surface area contributed by atoms with Crippen LogP contribution in [0.15, 0.2) is 66.2 Å². The maximum atomic E-state index is 9.68. The molecule has 10 nitrogen and oxygen atoms in total. The summed E-state index contributed by atoms with van der Waals surface area (Å²) < 4.78 is 5.38. The topological polar surface area (TPSA) is 95.6 Å². The molecule has 5 heterocycles. The van der Waals surface area contributed by atoms with Gasteiger partial charge in [-0.3, -0.25) is 14.3 Å². The molecular weight excluding hydrogens is 464 g/mol. The number of rotatable bonds is 7. The van der Waals surface area contributed by atoms with Gasteiger partial charge in [0, 0.05) is 87.7 Å². The van der Waals surface area contributed by atoms with Crippen molar-refractivity contribution in [3.8, 4) is 17.2 Å². The predicted octanol–water partition coefficient (Wildman–Crippen LogP) is 3.10. The molecule has 5 rings (SSSR count). The zero-order valence-electron chi connectivity index (χ0n) is 21.4. The number of nitrogens with zero attached hydrogens (tertiary/aromatic N) is 10. The second-order valence-electron chi connectivity index (χ2n) is 9.33. The van der Waals surface area contributed by atoms with E-state index in [1.165, 1.54) is 5.56 Å². The van der Waals surface area contributed by atoms with E-state index in [9.17, 15) is 5.26 Å². The number of aryl methyl sites for hydroxylation is 2. The first-order valence-corrected chi connectivity index (χ1v) is 12.2. The number of aromatic nitrogens is 6. The Morgan fingerprint density at radius 1 is 1.00 bits per heavy atom. The number of piperazine rings is 1. The van der Waals surface area contributed by atoms with Gasteiger partial charge in [0.05, 0.1) is 29.7 Å². The van der Waals surface area contributed by atoms with Gasteiger partial charge in [0.1, 0.15) is 11.9 Å². The van der Waals surface area contributed by atoms with Crippen LogP contribution >= 0.6 is 0 Å². The molecule has 0 aromatic carbocycles. The van der Waals surface area contributed by atoms with Crippen molar-refractivity contribution in [2.45, 2.75) is 13.5 Å². The van der Waals surface area contributed by atoms with Gasteiger partial charge in [-0.25, -0.2) is 9.51 Å². The van der Waals surface area contributed by atoms with E-state index < -0.39 is 0 Å². The summed E-state index contributed by atoms with van der Waals surface area (Å²) >= 11 is 0. The number of pyridine rings is 1. The molecule has 10 heteroatoms. The summed E-state index contributed by atoms with van der Waals surface area (Å²) in [5, 5.41) is 22.7. The summed E-state index contributed by atoms with van der Waals surface area (Å²) in [6.07, 6.45) is 15.4. The average Bonchev–Trinajstić information content (AvgIpc) is 3.64. The molecule has 4 aromatic heterocycles. The quantitative estimate of drug-likeness (QED) is 0.289. The van der Waals surface area contributed by atoms with Crippen molar-refractivity contribution < 1.29 is 0 Å². The van der Waals surface area contributed by atoms with Crippen LogP contribution < -0.4 is 0 Å². The molecule has 0 saturated carbocycles. The van der Waals surface area contributed by atoms with Crippen LogP contribution in [0.25, 0.3) is 22.2 Å². The first-order valence-electron chi connectivity index (χ1n) is 12.2. The van der Waals surface area contributed by atoms with E-state index in [4.69, 9.17) is 0 Å². The minimum absolute atomic E-state index is 0.538. The molecule has 0 unspecified atom stereocenters. The Labute approximate surface area is 216 Å². The Morgan fingerprint density at radius 2 is 1.76 bits per heavy atom. The molecule has 0 aliphatic carbocycles. The van der Waals surface area contributed by atoms with Gasteiger partial charge in [-0.05, 0) is 31.4 Å². The van der Waals surface area contributed by atoms with Crippen molar-refractivity contribution in [2.75, 3.05) is 26.2 Å². The molecule has 37 heavy (non-hydrogen) atoms. The highest BCUT2D eigenvalue weighted by atomic mass is 15.3. The smallest absolute Gasteiger partial charge is 0.127 e. The van der Waals surface area contributed by atoms with Gasteiger partial charge in [0.2, 0.25) is 0 Å². The Balaban J connectivity index is 1.39. The number of hydrogen-bond donors (Lipinski definition) is 0. The van der Waals surface area contributed by atoms with Crippen molar-refractivity contribution in [3.05, 3.63) is 77.9 Å². The number of allylic oxidation sites excluding steroid dienone is 3. The van der Waals surface area contributed by atoms with Gasteiger partial charge in [-0.1, -0.05) is 6.08 Å². The summed E-state index contributed by atoms with van der Waals surface area (Å²) in [6, 6.07) is 4.36. The molecule has 1 aliphatic rings. The molecule has 0 amide bonds. The third-order valence-electron chi connectivity index (χ3n) is 6.70. The lowest BCUT2D eigenvalue weighted by Crippen LogP contribution is -2.45. The van der Waals surface area contributed by atoms with Crippen molar-refractivity contribution in [1.29, 1.82) is 5.26 Å². The Bertz CT molecular complexity index is 1530. The van der Waals surface area contributed by atoms with Crippen LogP contribution in [0.3, 0.4) is 0 Å². The van der Waals surface area contributed by atoms with Crippen LogP contribution in [0.1, 0.15) is 23.6 Å². The average molecular weight is 495 g/mol. The van der Waals surface area contributed by atoms with Crippen LogP contribution in [0.5, 0.6) is 0 Å². The second kappa shape index (κ2) is 10.2. The normalized spacial score (nSPS) is 15.4. The van der Waals surface area contributed by atoms with E-state index in [0.29, 0.717) is 5.56 Å². The molecule has 0 atom stereocenters. The van der Waals surface area contributed by atoms with Crippen molar-refractivity contribution >= 4 is 17.8 Å². The zero-order chi connectivity index (χ0) is 25.9. The summed E-state index contributed by atoms with van der Waals surface area (Å²) in [7, 11) is 3.83. The fourth-order valence-corrected chi connectivity index (χ4v) is 4.73. The largest absolute Gasteiger partial charge is 0.354 e. The van der Waals surface area contributed by atoms with E-state index in [2.05, 4.69) is 55.1 Å². The first-order chi connectivity index (χ1) is 17.9. The van der Waals surface area contributed by atoms with Gasteiger partial charge in [0.25, 0.3) is 0 Å². The first kappa shape index (κ1) is 24.2. The van der Waals surface area contributed by atoms with Gasteiger partial charge < -0.3 is 4.90 Å². The van der Waals surface area contributed by atoms with E-state index in [1.807, 2.05) is 62.6 Å². The molecule has 0 bridgehead atoms. The lowest BCUT2D eigenvalue weighted by Gasteiger charge is -2.35. The Kier molecular flexibility index (Phi) is 6.70. The Hall–Kier alpha value is -4.49. The molecular formula is C27H30N10. The molecule has 0 spiro atoms. The second-order valence-corrected chi connectivity index (χ2v) is 9.33. The van der Waals surface area contributed by atoms with Gasteiger partial charge in [0.15, 0.2) is 0 Å². The molecule has 0 N–H and O–H groups in total. The monoisotopic (exact) mass is 494 g/mol. The zero-order valence-corrected chi connectivity index (χ0v) is 21.4. The van der Waals surface area contributed by atoms with E-state index in [0.717, 1.165) is 66.3 Å². The molecule has 0 radical (unpaired) electrons. The number of aliphatic imine (C=N–C) groups is 1. The minimum Gasteiger partial charge on any atom is -0.354 e. The van der Waals surface area contributed by atoms with E-state index in [-0.39, 0.29) is 0 Å². The third kappa shape index (κ3) is 5.08. The lowest BCUT2D eigenvalue weighted by atomic mass is 10.0. The molecule has 4 aromatic rings. The van der Waals surface area contributed by atoms with Crippen molar-refractivity contribution in [2.24, 2.45) is 19.1 Å². The number of nitriles is 1. The molecule has 1 aliphatic heterocycles. The number of fused-ring (bicyclic) bond motifs is 1. The molecule has 1 fully saturated rings. The van der Waals surface area contributed by atoms with Gasteiger partial charge in [-0.15, -0.1) is 0 Å². The van der Waals surface area contributed by atoms with Crippen LogP contribution in [-0.4, -0.2) is 71.9 Å². The summed E-state index contributed by atoms with van der Waals surface area (Å²) in [5.74, 6) is 0.842. The standard InChI is InChI=1S/C27H30N10/c1-20(5-6-26(29-2)36-9-7-35(8-10-36)17-21-13-30-33(3)16-21)25-11-22(24-15-31-34(4)18-24)19-37-27(25)23(12-28)14-32-37/h5-6,11,13-16,18-19H,2,7-10,17H2,1,3-4H3/b20-5+,26-6+. The lowest BCUT2D eigenvalue weighted by molar-refractivity contribution is 0.152. The van der Waals surface area contributed by atoms with E-state index in [1.54, 1.807) is 15.4 Å². The van der Waals surface area contributed by atoms with Crippen LogP contribution in [0.4, 0.5) is 0 Å². The number of hydrogen-bond acceptors (Lipinski definition) is 7. The molecule has 1 saturated heterocycles. The summed E-state index contributed by atoms with van der Waals surface area (Å²) in [6.45, 7) is 10.4. The fourth-order valence-electron chi connectivity index (χ4n) is 4.73. The van der Waals surface area contributed by atoms with Gasteiger partial charge in [-0.2, -0.15) is 20.6 Å². The van der Waals surface area contributed by atoms with Crippen LogP contribution in [0, 0.1) is 11.3 Å². The highest BCUT2D eigenvalue weighted by molar-refractivity contribution is 5.84. The predicted molar refractivity (Wildman–Crippen MR) is 143 cm³/mol. The third-order valence-corrected chi connectivity index (χ3v) is 6.70. The SMILES string of the molecule is C=N/C(=C\C=C(/C)c1cc(-c2cnn(C)c2)cn2ncc(C#N)c12)N1CCN(Cc2cnn(C)c2)CC1. The van der Waals surface area contributed by atoms with Crippen LogP contribution in [-0.2, 0) is 20.6 Å². The summed E-state index contributed by atoms with van der Waals surface area (Å²) in [4.78, 5) is 9.01. The van der Waals surface area contributed by atoms with Crippen molar-refractivity contribution in [3.63, 3.8) is 0 Å². The summed E-state index contributed by atoms with van der Waals surface area (Å²) in [5.41, 5.74) is 6.46. The minimum atomic E-state index is 0.538. The highest BCUT2D eigenvalue weighted by Gasteiger charge is 2.19. The fraction of sp³-hybridized carbons (Fsp3) is 0.296. The molecule has 188 valence electrons. The van der Waals surface area contributed by atoms with Crippen molar-refractivity contribution in [1.82, 2.24) is 39.0 Å². The maximum absolute atomic E-state index is 9.68. The van der Waals surface area contributed by atoms with E-state index >= 15 is 0 Å². The van der Waals surface area contributed by atoms with Crippen LogP contribution in [0.2, 0.25) is 0 Å². The Morgan fingerprint density at radius 3 is 2.41 bits per heavy atom.